The fourth-order valence-electron chi connectivity index (χ4n) is 3.79. The van der Waals surface area contributed by atoms with Gasteiger partial charge in [-0.05, 0) is 43.1 Å². The summed E-state index contributed by atoms with van der Waals surface area (Å²) in [6.45, 7) is 1.80. The Morgan fingerprint density at radius 3 is 2.89 bits per heavy atom. The van der Waals surface area contributed by atoms with Gasteiger partial charge in [0, 0.05) is 29.8 Å². The highest BCUT2D eigenvalue weighted by Crippen LogP contribution is 2.28. The molecule has 0 amide bonds. The number of nitrogens with zero attached hydrogens (tertiary/aromatic N) is 1. The standard InChI is InChI=1S/C22H25N3O2/c1-26-21-10-9-17(20-14-27-15-25-20)12-18(21)13-24-19-8-5-11-23-22(19)16-6-3-2-4-7-16/h2-4,6-7,9-10,12,14-15,19,22-24H,5,8,11,13H2,1H3. The van der Waals surface area contributed by atoms with E-state index in [1.807, 2.05) is 12.1 Å². The second-order valence-electron chi connectivity index (χ2n) is 6.87. The van der Waals surface area contributed by atoms with Gasteiger partial charge in [0.2, 0.25) is 0 Å². The van der Waals surface area contributed by atoms with Gasteiger partial charge in [-0.25, -0.2) is 4.98 Å². The van der Waals surface area contributed by atoms with E-state index in [1.165, 1.54) is 18.4 Å². The molecule has 27 heavy (non-hydrogen) atoms. The third kappa shape index (κ3) is 4.04. The second-order valence-corrected chi connectivity index (χ2v) is 6.87. The lowest BCUT2D eigenvalue weighted by Gasteiger charge is -2.34. The molecule has 0 spiro atoms. The normalized spacial score (nSPS) is 19.7. The van der Waals surface area contributed by atoms with E-state index in [0.29, 0.717) is 12.1 Å². The van der Waals surface area contributed by atoms with E-state index in [1.54, 1.807) is 13.4 Å². The number of rotatable bonds is 6. The van der Waals surface area contributed by atoms with Gasteiger partial charge in [-0.1, -0.05) is 30.3 Å². The molecule has 0 radical (unpaired) electrons. The van der Waals surface area contributed by atoms with E-state index in [2.05, 4.69) is 52.0 Å². The molecule has 2 heterocycles. The molecular formula is C22H25N3O2. The van der Waals surface area contributed by atoms with Gasteiger partial charge in [-0.15, -0.1) is 0 Å². The number of hydrogen-bond acceptors (Lipinski definition) is 5. The van der Waals surface area contributed by atoms with Crippen LogP contribution in [0.2, 0.25) is 0 Å². The highest BCUT2D eigenvalue weighted by atomic mass is 16.5. The van der Waals surface area contributed by atoms with Gasteiger partial charge in [-0.3, -0.25) is 0 Å². The molecule has 1 saturated heterocycles. The van der Waals surface area contributed by atoms with Crippen LogP contribution in [0.1, 0.15) is 30.0 Å². The van der Waals surface area contributed by atoms with Crippen LogP contribution in [-0.2, 0) is 6.54 Å². The molecule has 5 heteroatoms. The number of piperidine rings is 1. The number of ether oxygens (including phenoxy) is 1. The largest absolute Gasteiger partial charge is 0.496 e. The topological polar surface area (TPSA) is 59.3 Å². The van der Waals surface area contributed by atoms with Crippen LogP contribution in [0.25, 0.3) is 11.3 Å². The molecule has 4 rings (SSSR count). The van der Waals surface area contributed by atoms with E-state index >= 15 is 0 Å². The number of methoxy groups -OCH3 is 1. The van der Waals surface area contributed by atoms with Gasteiger partial charge in [0.05, 0.1) is 7.11 Å². The van der Waals surface area contributed by atoms with Crippen LogP contribution in [0.4, 0.5) is 0 Å². The Morgan fingerprint density at radius 2 is 2.11 bits per heavy atom. The maximum absolute atomic E-state index is 5.57. The molecule has 2 aromatic carbocycles. The van der Waals surface area contributed by atoms with Crippen LogP contribution >= 0.6 is 0 Å². The van der Waals surface area contributed by atoms with Crippen molar-refractivity contribution in [3.63, 3.8) is 0 Å². The number of hydrogen-bond donors (Lipinski definition) is 2. The lowest BCUT2D eigenvalue weighted by atomic mass is 9.92. The predicted molar refractivity (Wildman–Crippen MR) is 106 cm³/mol. The number of aromatic nitrogens is 1. The van der Waals surface area contributed by atoms with Gasteiger partial charge in [0.1, 0.15) is 17.7 Å². The molecule has 0 saturated carbocycles. The van der Waals surface area contributed by atoms with Crippen molar-refractivity contribution in [3.05, 3.63) is 72.3 Å². The molecular weight excluding hydrogens is 338 g/mol. The first kappa shape index (κ1) is 17.8. The van der Waals surface area contributed by atoms with Gasteiger partial charge in [0.15, 0.2) is 6.39 Å². The molecule has 1 aliphatic rings. The van der Waals surface area contributed by atoms with Crippen molar-refractivity contribution in [3.8, 4) is 17.0 Å². The van der Waals surface area contributed by atoms with Crippen LogP contribution in [0.3, 0.4) is 0 Å². The highest BCUT2D eigenvalue weighted by molar-refractivity contribution is 5.61. The summed E-state index contributed by atoms with van der Waals surface area (Å²) in [5, 5.41) is 7.42. The molecule has 1 aliphatic heterocycles. The smallest absolute Gasteiger partial charge is 0.181 e. The first-order valence-corrected chi connectivity index (χ1v) is 9.42. The van der Waals surface area contributed by atoms with Crippen molar-refractivity contribution < 1.29 is 9.15 Å². The molecule has 0 aliphatic carbocycles. The minimum atomic E-state index is 0.324. The number of nitrogens with one attached hydrogen (secondary N) is 2. The van der Waals surface area contributed by atoms with E-state index in [-0.39, 0.29) is 0 Å². The Kier molecular flexibility index (Phi) is 5.51. The van der Waals surface area contributed by atoms with Crippen LogP contribution in [0.5, 0.6) is 5.75 Å². The predicted octanol–water partition coefficient (Wildman–Crippen LogP) is 3.93. The Balaban J connectivity index is 1.52. The average Bonchev–Trinajstić information content (AvgIpc) is 3.28. The minimum Gasteiger partial charge on any atom is -0.496 e. The van der Waals surface area contributed by atoms with Gasteiger partial charge in [0.25, 0.3) is 0 Å². The maximum atomic E-state index is 5.57. The van der Waals surface area contributed by atoms with Crippen molar-refractivity contribution in [1.29, 1.82) is 0 Å². The summed E-state index contributed by atoms with van der Waals surface area (Å²) in [5.74, 6) is 0.884. The summed E-state index contributed by atoms with van der Waals surface area (Å²) < 4.78 is 10.7. The lowest BCUT2D eigenvalue weighted by Crippen LogP contribution is -2.45. The van der Waals surface area contributed by atoms with Crippen LogP contribution in [-0.4, -0.2) is 24.7 Å². The van der Waals surface area contributed by atoms with Crippen molar-refractivity contribution in [2.24, 2.45) is 0 Å². The van der Waals surface area contributed by atoms with Gasteiger partial charge >= 0.3 is 0 Å². The lowest BCUT2D eigenvalue weighted by molar-refractivity contribution is 0.303. The molecule has 3 aromatic rings. The molecule has 1 fully saturated rings. The molecule has 2 N–H and O–H groups in total. The van der Waals surface area contributed by atoms with E-state index < -0.39 is 0 Å². The van der Waals surface area contributed by atoms with Crippen molar-refractivity contribution in [1.82, 2.24) is 15.6 Å². The van der Waals surface area contributed by atoms with Crippen molar-refractivity contribution in [2.75, 3.05) is 13.7 Å². The van der Waals surface area contributed by atoms with Crippen LogP contribution in [0, 0.1) is 0 Å². The molecule has 140 valence electrons. The van der Waals surface area contributed by atoms with E-state index in [9.17, 15) is 0 Å². The zero-order valence-electron chi connectivity index (χ0n) is 15.5. The van der Waals surface area contributed by atoms with Crippen molar-refractivity contribution >= 4 is 0 Å². The zero-order valence-corrected chi connectivity index (χ0v) is 15.5. The summed E-state index contributed by atoms with van der Waals surface area (Å²) in [6, 6.07) is 17.5. The third-order valence-corrected chi connectivity index (χ3v) is 5.18. The van der Waals surface area contributed by atoms with E-state index in [4.69, 9.17) is 9.15 Å². The maximum Gasteiger partial charge on any atom is 0.181 e. The number of benzene rings is 2. The van der Waals surface area contributed by atoms with Gasteiger partial charge in [-0.2, -0.15) is 0 Å². The Labute approximate surface area is 159 Å². The summed E-state index contributed by atoms with van der Waals surface area (Å²) in [4.78, 5) is 4.25. The fraction of sp³-hybridized carbons (Fsp3) is 0.318. The summed E-state index contributed by atoms with van der Waals surface area (Å²) in [5.41, 5.74) is 4.32. The quantitative estimate of drug-likeness (QED) is 0.695. The Hall–Kier alpha value is -2.63. The van der Waals surface area contributed by atoms with Gasteiger partial charge < -0.3 is 19.8 Å². The monoisotopic (exact) mass is 363 g/mol. The third-order valence-electron chi connectivity index (χ3n) is 5.18. The molecule has 0 bridgehead atoms. The average molecular weight is 363 g/mol. The van der Waals surface area contributed by atoms with E-state index in [0.717, 1.165) is 42.1 Å². The Bertz CT molecular complexity index is 849. The number of oxazole rings is 1. The molecule has 2 atom stereocenters. The molecule has 1 aromatic heterocycles. The second kappa shape index (κ2) is 8.37. The van der Waals surface area contributed by atoms with Crippen LogP contribution < -0.4 is 15.4 Å². The summed E-state index contributed by atoms with van der Waals surface area (Å²) in [6.07, 6.45) is 5.44. The first-order chi connectivity index (χ1) is 13.3. The summed E-state index contributed by atoms with van der Waals surface area (Å²) >= 11 is 0. The SMILES string of the molecule is COc1ccc(-c2cocn2)cc1CNC1CCCNC1c1ccccc1. The fourth-order valence-corrected chi connectivity index (χ4v) is 3.79. The minimum absolute atomic E-state index is 0.324. The molecule has 5 nitrogen and oxygen atoms in total. The Morgan fingerprint density at radius 1 is 1.22 bits per heavy atom. The van der Waals surface area contributed by atoms with Crippen LogP contribution in [0.15, 0.2) is 65.6 Å². The first-order valence-electron chi connectivity index (χ1n) is 9.42. The van der Waals surface area contributed by atoms with Crippen molar-refractivity contribution in [2.45, 2.75) is 31.5 Å². The highest BCUT2D eigenvalue weighted by Gasteiger charge is 2.25. The zero-order chi connectivity index (χ0) is 18.5. The summed E-state index contributed by atoms with van der Waals surface area (Å²) in [7, 11) is 1.71. The molecule has 2 unspecified atom stereocenters.